The summed E-state index contributed by atoms with van der Waals surface area (Å²) in [4.78, 5) is 15.2. The Morgan fingerprint density at radius 3 is 2.29 bits per heavy atom. The fourth-order valence-electron chi connectivity index (χ4n) is 1.52. The SMILES string of the molecule is CN(CCC(=O)N(C)C)Cc1ccc(N)cc1. The summed E-state index contributed by atoms with van der Waals surface area (Å²) in [5.41, 5.74) is 7.61. The molecule has 0 unspecified atom stereocenters. The first-order valence-corrected chi connectivity index (χ1v) is 5.72. The molecular weight excluding hydrogens is 214 g/mol. The minimum Gasteiger partial charge on any atom is -0.399 e. The van der Waals surface area contributed by atoms with Crippen LogP contribution >= 0.6 is 0 Å². The summed E-state index contributed by atoms with van der Waals surface area (Å²) in [6, 6.07) is 7.82. The second-order valence-corrected chi connectivity index (χ2v) is 4.52. The number of hydrogen-bond donors (Lipinski definition) is 1. The van der Waals surface area contributed by atoms with Crippen LogP contribution < -0.4 is 5.73 Å². The molecule has 1 aromatic rings. The summed E-state index contributed by atoms with van der Waals surface area (Å²) in [5.74, 6) is 0.161. The lowest BCUT2D eigenvalue weighted by Crippen LogP contribution is -2.27. The summed E-state index contributed by atoms with van der Waals surface area (Å²) in [6.45, 7) is 1.60. The fraction of sp³-hybridized carbons (Fsp3) is 0.462. The summed E-state index contributed by atoms with van der Waals surface area (Å²) >= 11 is 0. The van der Waals surface area contributed by atoms with Crippen LogP contribution in [0.5, 0.6) is 0 Å². The molecule has 4 nitrogen and oxygen atoms in total. The predicted octanol–water partition coefficient (Wildman–Crippen LogP) is 1.18. The summed E-state index contributed by atoms with van der Waals surface area (Å²) in [5, 5.41) is 0. The van der Waals surface area contributed by atoms with Gasteiger partial charge in [0.2, 0.25) is 5.91 Å². The first-order valence-electron chi connectivity index (χ1n) is 5.72. The second kappa shape index (κ2) is 6.25. The molecule has 1 rings (SSSR count). The average molecular weight is 235 g/mol. The third-order valence-electron chi connectivity index (χ3n) is 2.64. The third-order valence-corrected chi connectivity index (χ3v) is 2.64. The molecule has 0 fully saturated rings. The maximum Gasteiger partial charge on any atom is 0.223 e. The van der Waals surface area contributed by atoms with Crippen LogP contribution in [-0.4, -0.2) is 43.4 Å². The van der Waals surface area contributed by atoms with Crippen molar-refractivity contribution in [3.63, 3.8) is 0 Å². The van der Waals surface area contributed by atoms with Crippen LogP contribution in [0.3, 0.4) is 0 Å². The molecule has 0 spiro atoms. The number of benzene rings is 1. The van der Waals surface area contributed by atoms with Crippen molar-refractivity contribution >= 4 is 11.6 Å². The minimum atomic E-state index is 0.161. The lowest BCUT2D eigenvalue weighted by molar-refractivity contribution is -0.129. The number of nitrogen functional groups attached to an aromatic ring is 1. The Labute approximate surface area is 103 Å². The van der Waals surface area contributed by atoms with Gasteiger partial charge in [-0.15, -0.1) is 0 Å². The molecule has 94 valence electrons. The molecule has 0 aliphatic heterocycles. The molecule has 0 aromatic heterocycles. The second-order valence-electron chi connectivity index (χ2n) is 4.52. The molecule has 4 heteroatoms. The van der Waals surface area contributed by atoms with Crippen LogP contribution in [0.1, 0.15) is 12.0 Å². The molecule has 0 atom stereocenters. The van der Waals surface area contributed by atoms with Gasteiger partial charge in [0.05, 0.1) is 0 Å². The van der Waals surface area contributed by atoms with Gasteiger partial charge in [0.25, 0.3) is 0 Å². The highest BCUT2D eigenvalue weighted by Crippen LogP contribution is 2.07. The topological polar surface area (TPSA) is 49.6 Å². The zero-order valence-corrected chi connectivity index (χ0v) is 10.8. The fourth-order valence-corrected chi connectivity index (χ4v) is 1.52. The Morgan fingerprint density at radius 1 is 1.18 bits per heavy atom. The Hall–Kier alpha value is -1.55. The van der Waals surface area contributed by atoms with Crippen LogP contribution in [0, 0.1) is 0 Å². The van der Waals surface area contributed by atoms with E-state index in [-0.39, 0.29) is 5.91 Å². The normalized spacial score (nSPS) is 10.6. The quantitative estimate of drug-likeness (QED) is 0.780. The van der Waals surface area contributed by atoms with E-state index in [9.17, 15) is 4.79 Å². The first kappa shape index (κ1) is 13.5. The maximum absolute atomic E-state index is 11.4. The van der Waals surface area contributed by atoms with Gasteiger partial charge in [-0.05, 0) is 24.7 Å². The molecule has 0 aliphatic carbocycles. The van der Waals surface area contributed by atoms with E-state index in [1.165, 1.54) is 5.56 Å². The highest BCUT2D eigenvalue weighted by molar-refractivity contribution is 5.75. The van der Waals surface area contributed by atoms with Gasteiger partial charge in [-0.3, -0.25) is 4.79 Å². The van der Waals surface area contributed by atoms with Gasteiger partial charge in [-0.25, -0.2) is 0 Å². The number of rotatable bonds is 5. The number of carbonyl (C=O) groups excluding carboxylic acids is 1. The number of nitrogens with zero attached hydrogens (tertiary/aromatic N) is 2. The van der Waals surface area contributed by atoms with E-state index in [4.69, 9.17) is 5.73 Å². The van der Waals surface area contributed by atoms with Gasteiger partial charge in [0.1, 0.15) is 0 Å². The number of hydrogen-bond acceptors (Lipinski definition) is 3. The highest BCUT2D eigenvalue weighted by Gasteiger charge is 2.06. The van der Waals surface area contributed by atoms with E-state index in [1.54, 1.807) is 19.0 Å². The van der Waals surface area contributed by atoms with Crippen LogP contribution in [0.15, 0.2) is 24.3 Å². The summed E-state index contributed by atoms with van der Waals surface area (Å²) < 4.78 is 0. The van der Waals surface area contributed by atoms with E-state index in [2.05, 4.69) is 4.90 Å². The molecule has 0 aliphatic rings. The monoisotopic (exact) mass is 235 g/mol. The van der Waals surface area contributed by atoms with Gasteiger partial charge >= 0.3 is 0 Å². The molecular formula is C13H21N3O. The van der Waals surface area contributed by atoms with Gasteiger partial charge in [-0.1, -0.05) is 12.1 Å². The Kier molecular flexibility index (Phi) is 4.97. The third kappa shape index (κ3) is 4.87. The number of anilines is 1. The standard InChI is InChI=1S/C13H21N3O/c1-15(2)13(17)8-9-16(3)10-11-4-6-12(14)7-5-11/h4-7H,8-10,14H2,1-3H3. The van der Waals surface area contributed by atoms with Crippen molar-refractivity contribution in [2.24, 2.45) is 0 Å². The van der Waals surface area contributed by atoms with E-state index in [0.717, 1.165) is 18.8 Å². The smallest absolute Gasteiger partial charge is 0.223 e. The molecule has 0 heterocycles. The Bertz CT molecular complexity index is 359. The molecule has 0 saturated carbocycles. The van der Waals surface area contributed by atoms with Crippen molar-refractivity contribution in [1.29, 1.82) is 0 Å². The molecule has 1 aromatic carbocycles. The van der Waals surface area contributed by atoms with Gasteiger partial charge in [-0.2, -0.15) is 0 Å². The highest BCUT2D eigenvalue weighted by atomic mass is 16.2. The molecule has 0 bridgehead atoms. The van der Waals surface area contributed by atoms with Crippen LogP contribution in [0.25, 0.3) is 0 Å². The van der Waals surface area contributed by atoms with Crippen molar-refractivity contribution in [1.82, 2.24) is 9.80 Å². The van der Waals surface area contributed by atoms with Crippen molar-refractivity contribution in [3.05, 3.63) is 29.8 Å². The lowest BCUT2D eigenvalue weighted by atomic mass is 10.2. The summed E-state index contributed by atoms with van der Waals surface area (Å²) in [6.07, 6.45) is 0.554. The van der Waals surface area contributed by atoms with Crippen molar-refractivity contribution in [3.8, 4) is 0 Å². The zero-order chi connectivity index (χ0) is 12.8. The van der Waals surface area contributed by atoms with E-state index in [0.29, 0.717) is 6.42 Å². The van der Waals surface area contributed by atoms with Gasteiger partial charge < -0.3 is 15.5 Å². The first-order chi connectivity index (χ1) is 7.99. The van der Waals surface area contributed by atoms with Crippen LogP contribution in [0.2, 0.25) is 0 Å². The lowest BCUT2D eigenvalue weighted by Gasteiger charge is -2.18. The average Bonchev–Trinajstić information content (AvgIpc) is 2.29. The molecule has 0 radical (unpaired) electrons. The minimum absolute atomic E-state index is 0.161. The predicted molar refractivity (Wildman–Crippen MR) is 70.5 cm³/mol. The van der Waals surface area contributed by atoms with E-state index >= 15 is 0 Å². The van der Waals surface area contributed by atoms with Crippen molar-refractivity contribution in [2.75, 3.05) is 33.4 Å². The van der Waals surface area contributed by atoms with Gasteiger partial charge in [0, 0.05) is 39.3 Å². The van der Waals surface area contributed by atoms with Gasteiger partial charge in [0.15, 0.2) is 0 Å². The molecule has 17 heavy (non-hydrogen) atoms. The Morgan fingerprint density at radius 2 is 1.76 bits per heavy atom. The van der Waals surface area contributed by atoms with Crippen LogP contribution in [0.4, 0.5) is 5.69 Å². The molecule has 0 saturated heterocycles. The van der Waals surface area contributed by atoms with E-state index < -0.39 is 0 Å². The number of nitrogens with two attached hydrogens (primary N) is 1. The van der Waals surface area contributed by atoms with E-state index in [1.807, 2.05) is 31.3 Å². The number of carbonyl (C=O) groups is 1. The Balaban J connectivity index is 2.37. The molecule has 1 amide bonds. The maximum atomic E-state index is 11.4. The van der Waals surface area contributed by atoms with Crippen LogP contribution in [-0.2, 0) is 11.3 Å². The summed E-state index contributed by atoms with van der Waals surface area (Å²) in [7, 11) is 5.57. The molecule has 2 N–H and O–H groups in total. The van der Waals surface area contributed by atoms with Crippen molar-refractivity contribution in [2.45, 2.75) is 13.0 Å². The zero-order valence-electron chi connectivity index (χ0n) is 10.8. The number of amides is 1. The largest absolute Gasteiger partial charge is 0.399 e. The van der Waals surface area contributed by atoms with Crippen molar-refractivity contribution < 1.29 is 4.79 Å².